The van der Waals surface area contributed by atoms with Gasteiger partial charge in [0.2, 0.25) is 0 Å². The number of nitrogens with zero attached hydrogens (tertiary/aromatic N) is 2. The summed E-state index contributed by atoms with van der Waals surface area (Å²) in [5.74, 6) is 0. The van der Waals surface area contributed by atoms with Crippen LogP contribution >= 0.6 is 11.6 Å². The van der Waals surface area contributed by atoms with Crippen LogP contribution in [0.15, 0.2) is 30.5 Å². The van der Waals surface area contributed by atoms with Crippen LogP contribution in [0.1, 0.15) is 25.3 Å². The van der Waals surface area contributed by atoms with Crippen molar-refractivity contribution in [3.63, 3.8) is 0 Å². The van der Waals surface area contributed by atoms with Gasteiger partial charge in [0, 0.05) is 35.7 Å². The van der Waals surface area contributed by atoms with Crippen LogP contribution in [0.4, 0.5) is 0 Å². The molecular weight excluding hydrogens is 282 g/mol. The summed E-state index contributed by atoms with van der Waals surface area (Å²) in [4.78, 5) is 7.02. The Balaban J connectivity index is 1.81. The Kier molecular flexibility index (Phi) is 4.73. The molecule has 0 bridgehead atoms. The highest BCUT2D eigenvalue weighted by atomic mass is 35.5. The molecule has 21 heavy (non-hydrogen) atoms. The molecule has 0 amide bonds. The molecule has 1 aromatic carbocycles. The van der Waals surface area contributed by atoms with Crippen molar-refractivity contribution in [2.24, 2.45) is 0 Å². The minimum atomic E-state index is 0.636. The van der Waals surface area contributed by atoms with Gasteiger partial charge in [-0.25, -0.2) is 0 Å². The highest BCUT2D eigenvalue weighted by molar-refractivity contribution is 6.35. The number of halogens is 1. The first-order valence-corrected chi connectivity index (χ1v) is 8.13. The Labute approximate surface area is 131 Å². The maximum Gasteiger partial charge on any atom is 0.0761 e. The molecule has 1 saturated heterocycles. The number of hydrogen-bond donors (Lipinski definition) is 1. The van der Waals surface area contributed by atoms with Crippen LogP contribution in [-0.4, -0.2) is 35.6 Å². The number of hydrogen-bond acceptors (Lipinski definition) is 3. The van der Waals surface area contributed by atoms with Gasteiger partial charge in [0.1, 0.15) is 0 Å². The van der Waals surface area contributed by atoms with Gasteiger partial charge >= 0.3 is 0 Å². The van der Waals surface area contributed by atoms with Crippen molar-refractivity contribution in [2.45, 2.75) is 32.4 Å². The smallest absolute Gasteiger partial charge is 0.0761 e. The molecule has 1 N–H and O–H groups in total. The van der Waals surface area contributed by atoms with Crippen molar-refractivity contribution >= 4 is 22.5 Å². The van der Waals surface area contributed by atoms with Crippen LogP contribution in [0.5, 0.6) is 0 Å². The molecule has 0 aliphatic carbocycles. The van der Waals surface area contributed by atoms with E-state index in [1.165, 1.54) is 18.4 Å². The second kappa shape index (κ2) is 6.73. The van der Waals surface area contributed by atoms with E-state index < -0.39 is 0 Å². The van der Waals surface area contributed by atoms with E-state index in [2.05, 4.69) is 28.2 Å². The Hall–Kier alpha value is -1.16. The van der Waals surface area contributed by atoms with Crippen molar-refractivity contribution < 1.29 is 0 Å². The third kappa shape index (κ3) is 3.37. The Morgan fingerprint density at radius 2 is 2.29 bits per heavy atom. The van der Waals surface area contributed by atoms with Gasteiger partial charge in [-0.2, -0.15) is 0 Å². The summed E-state index contributed by atoms with van der Waals surface area (Å²) in [6, 6.07) is 8.72. The van der Waals surface area contributed by atoms with E-state index in [1.807, 2.05) is 24.4 Å². The summed E-state index contributed by atoms with van der Waals surface area (Å²) in [7, 11) is 0. The topological polar surface area (TPSA) is 28.2 Å². The number of likely N-dealkylation sites (N-methyl/N-ethyl adjacent to an activating group) is 1. The standard InChI is InChI=1S/C17H22ClN3/c1-2-21(12-14-5-3-9-19-14)11-13-7-8-16(18)15-6-4-10-20-17(13)15/h4,6-8,10,14,19H,2-3,5,9,11-12H2,1H3. The van der Waals surface area contributed by atoms with E-state index in [1.54, 1.807) is 0 Å². The minimum Gasteiger partial charge on any atom is -0.313 e. The van der Waals surface area contributed by atoms with Crippen LogP contribution in [0, 0.1) is 0 Å². The van der Waals surface area contributed by atoms with Crippen molar-refractivity contribution in [2.75, 3.05) is 19.6 Å². The Morgan fingerprint density at radius 1 is 1.38 bits per heavy atom. The lowest BCUT2D eigenvalue weighted by Crippen LogP contribution is -2.37. The highest BCUT2D eigenvalue weighted by Crippen LogP contribution is 2.25. The molecule has 1 aliphatic rings. The summed E-state index contributed by atoms with van der Waals surface area (Å²) in [5, 5.41) is 5.40. The molecule has 1 aliphatic heterocycles. The minimum absolute atomic E-state index is 0.636. The first kappa shape index (κ1) is 14.8. The quantitative estimate of drug-likeness (QED) is 0.917. The van der Waals surface area contributed by atoms with E-state index >= 15 is 0 Å². The van der Waals surface area contributed by atoms with E-state index in [4.69, 9.17) is 11.6 Å². The lowest BCUT2D eigenvalue weighted by molar-refractivity contribution is 0.254. The van der Waals surface area contributed by atoms with Gasteiger partial charge < -0.3 is 5.32 Å². The van der Waals surface area contributed by atoms with Crippen LogP contribution in [0.3, 0.4) is 0 Å². The van der Waals surface area contributed by atoms with E-state index in [9.17, 15) is 0 Å². The molecule has 0 saturated carbocycles. The van der Waals surface area contributed by atoms with Crippen LogP contribution in [-0.2, 0) is 6.54 Å². The van der Waals surface area contributed by atoms with Gasteiger partial charge in [-0.05, 0) is 49.7 Å². The highest BCUT2D eigenvalue weighted by Gasteiger charge is 2.18. The van der Waals surface area contributed by atoms with E-state index in [0.717, 1.165) is 42.1 Å². The summed E-state index contributed by atoms with van der Waals surface area (Å²) in [6.07, 6.45) is 4.43. The van der Waals surface area contributed by atoms with Gasteiger partial charge in [-0.15, -0.1) is 0 Å². The second-order valence-electron chi connectivity index (χ2n) is 5.73. The zero-order valence-electron chi connectivity index (χ0n) is 12.5. The molecule has 1 aromatic heterocycles. The summed E-state index contributed by atoms with van der Waals surface area (Å²) < 4.78 is 0. The largest absolute Gasteiger partial charge is 0.313 e. The predicted octanol–water partition coefficient (Wildman–Crippen LogP) is 3.46. The molecule has 2 aromatic rings. The van der Waals surface area contributed by atoms with Crippen LogP contribution in [0.2, 0.25) is 5.02 Å². The molecule has 3 rings (SSSR count). The average Bonchev–Trinajstić information content (AvgIpc) is 3.02. The van der Waals surface area contributed by atoms with E-state index in [-0.39, 0.29) is 0 Å². The first-order valence-electron chi connectivity index (χ1n) is 7.75. The van der Waals surface area contributed by atoms with Gasteiger partial charge in [-0.3, -0.25) is 9.88 Å². The number of aromatic nitrogens is 1. The van der Waals surface area contributed by atoms with Gasteiger partial charge in [0.25, 0.3) is 0 Å². The Bertz CT molecular complexity index is 608. The molecule has 1 fully saturated rings. The molecule has 3 nitrogen and oxygen atoms in total. The van der Waals surface area contributed by atoms with Crippen molar-refractivity contribution in [1.82, 2.24) is 15.2 Å². The SMILES string of the molecule is CCN(Cc1ccc(Cl)c2cccnc12)CC1CCCN1. The van der Waals surface area contributed by atoms with Crippen LogP contribution in [0.25, 0.3) is 10.9 Å². The van der Waals surface area contributed by atoms with E-state index in [0.29, 0.717) is 6.04 Å². The lowest BCUT2D eigenvalue weighted by atomic mass is 10.1. The fraction of sp³-hybridized carbons (Fsp3) is 0.471. The van der Waals surface area contributed by atoms with Gasteiger partial charge in [-0.1, -0.05) is 24.6 Å². The normalized spacial score (nSPS) is 18.7. The molecule has 4 heteroatoms. The van der Waals surface area contributed by atoms with Crippen molar-refractivity contribution in [3.05, 3.63) is 41.0 Å². The Morgan fingerprint density at radius 3 is 3.05 bits per heavy atom. The van der Waals surface area contributed by atoms with Crippen molar-refractivity contribution in [3.8, 4) is 0 Å². The molecule has 112 valence electrons. The monoisotopic (exact) mass is 303 g/mol. The molecule has 0 radical (unpaired) electrons. The fourth-order valence-corrected chi connectivity index (χ4v) is 3.31. The summed E-state index contributed by atoms with van der Waals surface area (Å²) in [5.41, 5.74) is 2.29. The fourth-order valence-electron chi connectivity index (χ4n) is 3.09. The molecule has 1 atom stereocenters. The number of nitrogens with one attached hydrogen (secondary N) is 1. The predicted molar refractivity (Wildman–Crippen MR) is 88.7 cm³/mol. The third-order valence-electron chi connectivity index (χ3n) is 4.28. The maximum atomic E-state index is 6.27. The molecule has 0 spiro atoms. The zero-order chi connectivity index (χ0) is 14.7. The van der Waals surface area contributed by atoms with Crippen molar-refractivity contribution in [1.29, 1.82) is 0 Å². The van der Waals surface area contributed by atoms with Gasteiger partial charge in [0.15, 0.2) is 0 Å². The number of pyridine rings is 1. The maximum absolute atomic E-state index is 6.27. The third-order valence-corrected chi connectivity index (χ3v) is 4.61. The average molecular weight is 304 g/mol. The second-order valence-corrected chi connectivity index (χ2v) is 6.13. The zero-order valence-corrected chi connectivity index (χ0v) is 13.2. The molecular formula is C17H22ClN3. The molecule has 2 heterocycles. The lowest BCUT2D eigenvalue weighted by Gasteiger charge is -2.24. The number of benzene rings is 1. The van der Waals surface area contributed by atoms with Crippen LogP contribution < -0.4 is 5.32 Å². The number of rotatable bonds is 5. The summed E-state index contributed by atoms with van der Waals surface area (Å²) in [6.45, 7) is 6.47. The van der Waals surface area contributed by atoms with Gasteiger partial charge in [0.05, 0.1) is 5.52 Å². The number of fused-ring (bicyclic) bond motifs is 1. The summed E-state index contributed by atoms with van der Waals surface area (Å²) >= 11 is 6.27. The molecule has 1 unspecified atom stereocenters. The first-order chi connectivity index (χ1) is 10.3.